The Morgan fingerprint density at radius 1 is 1.27 bits per heavy atom. The van der Waals surface area contributed by atoms with Crippen molar-refractivity contribution in [3.8, 4) is 0 Å². The zero-order chi connectivity index (χ0) is 7.56. The van der Waals surface area contributed by atoms with Crippen molar-refractivity contribution in [1.82, 2.24) is 0 Å². The monoisotopic (exact) mass is 208 g/mol. The number of carboxylic acid groups (broad SMARTS) is 1. The molecule has 0 saturated carbocycles. The molecule has 0 saturated heterocycles. The first-order valence-electron chi connectivity index (χ1n) is 3.00. The first-order chi connectivity index (χ1) is 4.70. The van der Waals surface area contributed by atoms with Gasteiger partial charge in [0, 0.05) is 0 Å². The third-order valence-corrected chi connectivity index (χ3v) is 1.30. The Hall–Kier alpha value is -0.674. The second-order valence-corrected chi connectivity index (χ2v) is 2.17. The molecule has 0 bridgehead atoms. The van der Waals surface area contributed by atoms with Gasteiger partial charge in [-0.05, 0) is 19.1 Å². The number of benzene rings is 1. The molecule has 0 aliphatic rings. The molecular formula is C8H11GaO2. The Bertz CT molecular complexity index is 241. The van der Waals surface area contributed by atoms with Crippen molar-refractivity contribution in [3.05, 3.63) is 35.4 Å². The van der Waals surface area contributed by atoms with Gasteiger partial charge >= 0.3 is 25.8 Å². The Morgan fingerprint density at radius 3 is 2.09 bits per heavy atom. The summed E-state index contributed by atoms with van der Waals surface area (Å²) in [7, 11) is 0. The molecule has 0 amide bonds. The van der Waals surface area contributed by atoms with Crippen LogP contribution in [0.1, 0.15) is 15.9 Å². The molecule has 0 unspecified atom stereocenters. The molecule has 11 heavy (non-hydrogen) atoms. The first kappa shape index (κ1) is 10.3. The van der Waals surface area contributed by atoms with Crippen LogP contribution >= 0.6 is 0 Å². The van der Waals surface area contributed by atoms with Gasteiger partial charge in [-0.15, -0.1) is 0 Å². The van der Waals surface area contributed by atoms with Gasteiger partial charge in [0.15, 0.2) is 0 Å². The van der Waals surface area contributed by atoms with Crippen LogP contribution < -0.4 is 0 Å². The zero-order valence-corrected chi connectivity index (χ0v) is 5.66. The molecule has 0 aromatic heterocycles. The van der Waals surface area contributed by atoms with Gasteiger partial charge in [-0.1, -0.05) is 17.7 Å². The zero-order valence-electron chi connectivity index (χ0n) is 5.66. The average molecular weight is 209 g/mol. The summed E-state index contributed by atoms with van der Waals surface area (Å²) >= 11 is 0. The number of aromatic carboxylic acids is 1. The van der Waals surface area contributed by atoms with E-state index in [1.54, 1.807) is 24.3 Å². The molecule has 0 aliphatic heterocycles. The van der Waals surface area contributed by atoms with Crippen LogP contribution in [0.15, 0.2) is 24.3 Å². The van der Waals surface area contributed by atoms with Crippen LogP contribution in [0.25, 0.3) is 0 Å². The van der Waals surface area contributed by atoms with Gasteiger partial charge in [-0.2, -0.15) is 0 Å². The summed E-state index contributed by atoms with van der Waals surface area (Å²) in [5, 5.41) is 8.48. The fourth-order valence-corrected chi connectivity index (χ4v) is 0.696. The number of hydrogen-bond acceptors (Lipinski definition) is 1. The number of aryl methyl sites for hydroxylation is 1. The molecule has 1 rings (SSSR count). The summed E-state index contributed by atoms with van der Waals surface area (Å²) in [4.78, 5) is 10.3. The van der Waals surface area contributed by atoms with Crippen LogP contribution in [0.3, 0.4) is 0 Å². The van der Waals surface area contributed by atoms with Crippen molar-refractivity contribution in [2.24, 2.45) is 0 Å². The number of carbonyl (C=O) groups is 1. The van der Waals surface area contributed by atoms with Crippen LogP contribution in [0.4, 0.5) is 0 Å². The standard InChI is InChI=1S/C8H8O2.Ga.3H/c1-6-2-4-7(5-3-6)8(9)10;;;;/h2-5H,1H3,(H,9,10);;;;. The van der Waals surface area contributed by atoms with E-state index in [9.17, 15) is 4.79 Å². The normalized spacial score (nSPS) is 8.45. The van der Waals surface area contributed by atoms with E-state index in [1.165, 1.54) is 0 Å². The Labute approximate surface area is 78.3 Å². The molecule has 0 fully saturated rings. The third kappa shape index (κ3) is 2.82. The predicted octanol–water partition coefficient (Wildman–Crippen LogP) is 0.509. The molecule has 1 aromatic carbocycles. The molecule has 2 nitrogen and oxygen atoms in total. The second kappa shape index (κ2) is 4.26. The second-order valence-electron chi connectivity index (χ2n) is 2.17. The first-order valence-corrected chi connectivity index (χ1v) is 3.00. The maximum absolute atomic E-state index is 10.3. The number of hydrogen-bond donors (Lipinski definition) is 1. The minimum absolute atomic E-state index is 0. The molecule has 1 aromatic rings. The van der Waals surface area contributed by atoms with Gasteiger partial charge in [0.2, 0.25) is 0 Å². The quantitative estimate of drug-likeness (QED) is 0.684. The summed E-state index contributed by atoms with van der Waals surface area (Å²) in [6, 6.07) is 6.75. The minimum atomic E-state index is -0.875. The van der Waals surface area contributed by atoms with Crippen molar-refractivity contribution in [3.63, 3.8) is 0 Å². The van der Waals surface area contributed by atoms with E-state index >= 15 is 0 Å². The summed E-state index contributed by atoms with van der Waals surface area (Å²) < 4.78 is 0. The van der Waals surface area contributed by atoms with Gasteiger partial charge in [0.25, 0.3) is 0 Å². The van der Waals surface area contributed by atoms with Crippen molar-refractivity contribution < 1.29 is 9.90 Å². The van der Waals surface area contributed by atoms with Crippen LogP contribution in [0, 0.1) is 6.92 Å². The van der Waals surface area contributed by atoms with Gasteiger partial charge in [-0.3, -0.25) is 0 Å². The van der Waals surface area contributed by atoms with Crippen LogP contribution in [-0.2, 0) is 0 Å². The van der Waals surface area contributed by atoms with Crippen LogP contribution in [0.2, 0.25) is 0 Å². The summed E-state index contributed by atoms with van der Waals surface area (Å²) in [5.74, 6) is -0.875. The Balaban J connectivity index is 0.000001000. The number of rotatable bonds is 1. The van der Waals surface area contributed by atoms with Crippen molar-refractivity contribution in [2.75, 3.05) is 0 Å². The predicted molar refractivity (Wildman–Crippen MR) is 48.1 cm³/mol. The van der Waals surface area contributed by atoms with Crippen molar-refractivity contribution in [1.29, 1.82) is 0 Å². The van der Waals surface area contributed by atoms with Crippen LogP contribution in [0.5, 0.6) is 0 Å². The van der Waals surface area contributed by atoms with Gasteiger partial charge in [0.1, 0.15) is 0 Å². The summed E-state index contributed by atoms with van der Waals surface area (Å²) in [6.07, 6.45) is 0. The summed E-state index contributed by atoms with van der Waals surface area (Å²) in [6.45, 7) is 1.92. The maximum atomic E-state index is 10.3. The SMILES string of the molecule is Cc1ccc(C(=O)O)cc1.[GaH3]. The molecule has 1 N–H and O–H groups in total. The molecule has 0 atom stereocenters. The molecule has 58 valence electrons. The number of carboxylic acids is 1. The van der Waals surface area contributed by atoms with Gasteiger partial charge in [0.05, 0.1) is 5.56 Å². The van der Waals surface area contributed by atoms with Gasteiger partial charge < -0.3 is 5.11 Å². The third-order valence-electron chi connectivity index (χ3n) is 1.30. The summed E-state index contributed by atoms with van der Waals surface area (Å²) in [5.41, 5.74) is 1.41. The van der Waals surface area contributed by atoms with E-state index in [-0.39, 0.29) is 19.8 Å². The molecule has 0 spiro atoms. The van der Waals surface area contributed by atoms with Crippen molar-refractivity contribution >= 4 is 25.8 Å². The molecular weight excluding hydrogens is 198 g/mol. The van der Waals surface area contributed by atoms with E-state index in [2.05, 4.69) is 0 Å². The van der Waals surface area contributed by atoms with Crippen LogP contribution in [-0.4, -0.2) is 30.9 Å². The molecule has 0 aliphatic carbocycles. The fraction of sp³-hybridized carbons (Fsp3) is 0.125. The fourth-order valence-electron chi connectivity index (χ4n) is 0.696. The molecule has 3 heteroatoms. The van der Waals surface area contributed by atoms with E-state index < -0.39 is 5.97 Å². The van der Waals surface area contributed by atoms with E-state index in [0.717, 1.165) is 5.56 Å². The average Bonchev–Trinajstić information content (AvgIpc) is 1.88. The topological polar surface area (TPSA) is 37.3 Å². The van der Waals surface area contributed by atoms with E-state index in [1.807, 2.05) is 6.92 Å². The Kier molecular flexibility index (Phi) is 3.99. The van der Waals surface area contributed by atoms with E-state index in [4.69, 9.17) is 5.11 Å². The molecule has 0 radical (unpaired) electrons. The Morgan fingerprint density at radius 2 is 1.73 bits per heavy atom. The van der Waals surface area contributed by atoms with Gasteiger partial charge in [-0.25, -0.2) is 4.79 Å². The molecule has 0 heterocycles. The van der Waals surface area contributed by atoms with E-state index in [0.29, 0.717) is 5.56 Å². The van der Waals surface area contributed by atoms with Crippen molar-refractivity contribution in [2.45, 2.75) is 6.92 Å².